The largest absolute Gasteiger partial charge is 0.491 e. The Balaban J connectivity index is 1.76. The Bertz CT molecular complexity index is 877. The molecule has 0 fully saturated rings. The number of benzene rings is 1. The van der Waals surface area contributed by atoms with Gasteiger partial charge in [-0.05, 0) is 55.8 Å². The minimum atomic E-state index is -0.494. The fraction of sp³-hybridized carbons (Fsp3) is 0.458. The topological polar surface area (TPSA) is 53.0 Å². The second-order valence-electron chi connectivity index (χ2n) is 8.06. The maximum atomic E-state index is 13.2. The van der Waals surface area contributed by atoms with Crippen molar-refractivity contribution in [3.8, 4) is 5.75 Å². The summed E-state index contributed by atoms with van der Waals surface area (Å²) < 4.78 is 6.20. The number of carbonyl (C=O) groups excluding carboxylic acids is 1. The van der Waals surface area contributed by atoms with Crippen molar-refractivity contribution < 1.29 is 14.6 Å². The van der Waals surface area contributed by atoms with Crippen LogP contribution in [-0.4, -0.2) is 59.7 Å². The molecule has 1 aromatic carbocycles. The Morgan fingerprint density at radius 1 is 1.43 bits per heavy atom. The van der Waals surface area contributed by atoms with Crippen molar-refractivity contribution in [1.82, 2.24) is 9.80 Å². The highest BCUT2D eigenvalue weighted by molar-refractivity contribution is 7.10. The molecule has 6 heteroatoms. The highest BCUT2D eigenvalue weighted by Crippen LogP contribution is 2.34. The van der Waals surface area contributed by atoms with E-state index in [2.05, 4.69) is 31.0 Å². The van der Waals surface area contributed by atoms with Gasteiger partial charge in [-0.25, -0.2) is 0 Å². The van der Waals surface area contributed by atoms with E-state index in [1.54, 1.807) is 24.3 Å². The summed E-state index contributed by atoms with van der Waals surface area (Å²) in [6.07, 6.45) is 2.14. The number of rotatable bonds is 9. The first kappa shape index (κ1) is 22.5. The maximum absolute atomic E-state index is 13.2. The molecular formula is C24H32N2O3S. The third-order valence-corrected chi connectivity index (χ3v) is 6.41. The Morgan fingerprint density at radius 2 is 2.23 bits per heavy atom. The summed E-state index contributed by atoms with van der Waals surface area (Å²) in [4.78, 5) is 18.5. The number of aryl methyl sites for hydroxylation is 2. The highest BCUT2D eigenvalue weighted by Gasteiger charge is 2.33. The van der Waals surface area contributed by atoms with Crippen LogP contribution >= 0.6 is 11.3 Å². The van der Waals surface area contributed by atoms with Gasteiger partial charge in [0.05, 0.1) is 18.7 Å². The van der Waals surface area contributed by atoms with Crippen LogP contribution in [-0.2, 0) is 11.2 Å². The third kappa shape index (κ3) is 5.50. The van der Waals surface area contributed by atoms with E-state index in [-0.39, 0.29) is 18.5 Å². The first-order chi connectivity index (χ1) is 14.4. The molecule has 2 heterocycles. The Hall–Kier alpha value is -2.15. The van der Waals surface area contributed by atoms with Crippen LogP contribution in [0.4, 0.5) is 0 Å². The lowest BCUT2D eigenvalue weighted by atomic mass is 10.00. The summed E-state index contributed by atoms with van der Waals surface area (Å²) in [5.74, 6) is 0.918. The zero-order valence-electron chi connectivity index (χ0n) is 18.1. The van der Waals surface area contributed by atoms with E-state index in [1.807, 2.05) is 28.9 Å². The van der Waals surface area contributed by atoms with Crippen molar-refractivity contribution in [2.75, 3.05) is 32.8 Å². The molecule has 1 aliphatic heterocycles. The van der Waals surface area contributed by atoms with Crippen LogP contribution in [0.15, 0.2) is 42.3 Å². The van der Waals surface area contributed by atoms with E-state index >= 15 is 0 Å². The van der Waals surface area contributed by atoms with Crippen LogP contribution < -0.4 is 4.74 Å². The van der Waals surface area contributed by atoms with Gasteiger partial charge in [-0.15, -0.1) is 17.9 Å². The van der Waals surface area contributed by atoms with Crippen LogP contribution in [0.1, 0.15) is 34.5 Å². The summed E-state index contributed by atoms with van der Waals surface area (Å²) in [5, 5.41) is 11.9. The average molecular weight is 429 g/mol. The van der Waals surface area contributed by atoms with Crippen LogP contribution in [0, 0.1) is 13.8 Å². The van der Waals surface area contributed by atoms with Crippen molar-refractivity contribution in [2.45, 2.75) is 39.3 Å². The number of nitrogens with zero attached hydrogens (tertiary/aromatic N) is 2. The number of hydrogen-bond donors (Lipinski definition) is 1. The SMILES string of the molecule is C=CCN(CC(=O)N1CCc2sccc2[C@H]1COc1ccc(C)cc1C)C[C@H](C)O. The number of hydrogen-bond acceptors (Lipinski definition) is 5. The standard InChI is InChI=1S/C24H32N2O3S/c1-5-10-25(14-19(4)27)15-24(28)26-11-8-23-20(9-12-30-23)21(26)16-29-22-7-6-17(2)13-18(22)3/h5-7,9,12-13,19,21,27H,1,8,10-11,14-16H2,2-4H3/t19-,21+/m0/s1. The fourth-order valence-corrected chi connectivity index (χ4v) is 4.97. The summed E-state index contributed by atoms with van der Waals surface area (Å²) in [6.45, 7) is 12.0. The summed E-state index contributed by atoms with van der Waals surface area (Å²) in [7, 11) is 0. The minimum Gasteiger partial charge on any atom is -0.491 e. The molecule has 2 atom stereocenters. The number of amides is 1. The summed E-state index contributed by atoms with van der Waals surface area (Å²) >= 11 is 1.75. The van der Waals surface area contributed by atoms with Gasteiger partial charge >= 0.3 is 0 Å². The van der Waals surface area contributed by atoms with Gasteiger partial charge in [0.25, 0.3) is 0 Å². The van der Waals surface area contributed by atoms with E-state index in [4.69, 9.17) is 4.74 Å². The van der Waals surface area contributed by atoms with Gasteiger partial charge in [-0.1, -0.05) is 23.8 Å². The summed E-state index contributed by atoms with van der Waals surface area (Å²) in [6, 6.07) is 8.17. The van der Waals surface area contributed by atoms with E-state index in [9.17, 15) is 9.90 Å². The van der Waals surface area contributed by atoms with Gasteiger partial charge in [0.1, 0.15) is 12.4 Å². The molecule has 1 aromatic heterocycles. The van der Waals surface area contributed by atoms with Crippen LogP contribution in [0.3, 0.4) is 0 Å². The monoisotopic (exact) mass is 428 g/mol. The second kappa shape index (κ2) is 10.2. The number of carbonyl (C=O) groups is 1. The third-order valence-electron chi connectivity index (χ3n) is 5.41. The molecule has 0 bridgehead atoms. The molecule has 2 aromatic rings. The Morgan fingerprint density at radius 3 is 2.93 bits per heavy atom. The molecule has 1 amide bonds. The van der Waals surface area contributed by atoms with Gasteiger partial charge in [-0.3, -0.25) is 9.69 Å². The predicted octanol–water partition coefficient (Wildman–Crippen LogP) is 3.74. The lowest BCUT2D eigenvalue weighted by molar-refractivity contribution is -0.136. The predicted molar refractivity (Wildman–Crippen MR) is 122 cm³/mol. The van der Waals surface area contributed by atoms with Gasteiger partial charge in [-0.2, -0.15) is 0 Å². The van der Waals surface area contributed by atoms with Crippen molar-refractivity contribution in [3.05, 3.63) is 63.9 Å². The number of thiophene rings is 1. The van der Waals surface area contributed by atoms with Gasteiger partial charge in [0, 0.05) is 24.5 Å². The van der Waals surface area contributed by atoms with Gasteiger partial charge < -0.3 is 14.7 Å². The molecule has 0 unspecified atom stereocenters. The molecule has 0 saturated carbocycles. The Labute approximate surface area is 183 Å². The number of aliphatic hydroxyl groups is 1. The normalized spacial score (nSPS) is 17.0. The molecule has 0 spiro atoms. The van der Waals surface area contributed by atoms with E-state index in [0.29, 0.717) is 26.2 Å². The van der Waals surface area contributed by atoms with E-state index in [1.165, 1.54) is 16.0 Å². The molecule has 3 rings (SSSR count). The molecule has 0 aliphatic carbocycles. The van der Waals surface area contributed by atoms with Crippen LogP contribution in [0.2, 0.25) is 0 Å². The fourth-order valence-electron chi connectivity index (χ4n) is 4.05. The lowest BCUT2D eigenvalue weighted by Crippen LogP contribution is -2.47. The van der Waals surface area contributed by atoms with E-state index in [0.717, 1.165) is 17.7 Å². The smallest absolute Gasteiger partial charge is 0.237 e. The lowest BCUT2D eigenvalue weighted by Gasteiger charge is -2.37. The number of aliphatic hydroxyl groups excluding tert-OH is 1. The van der Waals surface area contributed by atoms with Gasteiger partial charge in [0.2, 0.25) is 5.91 Å². The van der Waals surface area contributed by atoms with E-state index < -0.39 is 6.10 Å². The zero-order valence-corrected chi connectivity index (χ0v) is 19.0. The first-order valence-electron chi connectivity index (χ1n) is 10.5. The summed E-state index contributed by atoms with van der Waals surface area (Å²) in [5.41, 5.74) is 3.49. The first-order valence-corrected chi connectivity index (χ1v) is 11.3. The molecule has 5 nitrogen and oxygen atoms in total. The quantitative estimate of drug-likeness (QED) is 0.618. The van der Waals surface area contributed by atoms with Crippen molar-refractivity contribution in [2.24, 2.45) is 0 Å². The molecular weight excluding hydrogens is 396 g/mol. The highest BCUT2D eigenvalue weighted by atomic mass is 32.1. The molecule has 1 aliphatic rings. The molecule has 1 N–H and O–H groups in total. The van der Waals surface area contributed by atoms with Crippen LogP contribution in [0.25, 0.3) is 0 Å². The molecule has 0 radical (unpaired) electrons. The van der Waals surface area contributed by atoms with Crippen molar-refractivity contribution in [3.63, 3.8) is 0 Å². The molecule has 30 heavy (non-hydrogen) atoms. The van der Waals surface area contributed by atoms with Crippen LogP contribution in [0.5, 0.6) is 5.75 Å². The number of fused-ring (bicyclic) bond motifs is 1. The maximum Gasteiger partial charge on any atom is 0.237 e. The second-order valence-corrected chi connectivity index (χ2v) is 9.06. The average Bonchev–Trinajstić information content (AvgIpc) is 3.15. The zero-order chi connectivity index (χ0) is 21.7. The van der Waals surface area contributed by atoms with Crippen molar-refractivity contribution >= 4 is 17.2 Å². The van der Waals surface area contributed by atoms with Crippen molar-refractivity contribution in [1.29, 1.82) is 0 Å². The minimum absolute atomic E-state index is 0.0589. The Kier molecular flexibility index (Phi) is 7.69. The molecule has 162 valence electrons. The number of ether oxygens (including phenoxy) is 1. The molecule has 0 saturated heterocycles. The van der Waals surface area contributed by atoms with Gasteiger partial charge in [0.15, 0.2) is 0 Å².